The van der Waals surface area contributed by atoms with E-state index in [4.69, 9.17) is 4.74 Å². The number of nitrogens with zero attached hydrogens (tertiary/aromatic N) is 4. The Bertz CT molecular complexity index is 1420. The van der Waals surface area contributed by atoms with Crippen LogP contribution in [0.1, 0.15) is 56.0 Å². The van der Waals surface area contributed by atoms with E-state index in [-0.39, 0.29) is 35.8 Å². The van der Waals surface area contributed by atoms with Crippen LogP contribution in [-0.2, 0) is 16.0 Å². The van der Waals surface area contributed by atoms with Gasteiger partial charge >= 0.3 is 6.09 Å². The van der Waals surface area contributed by atoms with Crippen molar-refractivity contribution in [2.75, 3.05) is 31.6 Å². The summed E-state index contributed by atoms with van der Waals surface area (Å²) in [5.41, 5.74) is 3.93. The van der Waals surface area contributed by atoms with Gasteiger partial charge in [0.05, 0.1) is 23.0 Å². The minimum atomic E-state index is -0.727. The molecule has 3 heterocycles. The molecule has 230 valence electrons. The van der Waals surface area contributed by atoms with Crippen LogP contribution in [0.15, 0.2) is 48.8 Å². The van der Waals surface area contributed by atoms with Crippen molar-refractivity contribution in [2.45, 2.75) is 58.1 Å². The number of carbonyl (C=O) groups excluding carboxylic acids is 3. The average Bonchev–Trinajstić information content (AvgIpc) is 3.50. The van der Waals surface area contributed by atoms with E-state index >= 15 is 0 Å². The van der Waals surface area contributed by atoms with Gasteiger partial charge in [-0.25, -0.2) is 9.18 Å². The first kappa shape index (κ1) is 31.4. The van der Waals surface area contributed by atoms with E-state index in [1.165, 1.54) is 35.4 Å². The Balaban J connectivity index is 1.24. The molecule has 11 nitrogen and oxygen atoms in total. The van der Waals surface area contributed by atoms with Gasteiger partial charge in [-0.15, -0.1) is 5.10 Å². The molecule has 4 rings (SSSR count). The molecule has 13 heteroatoms. The first-order chi connectivity index (χ1) is 20.5. The molecule has 0 saturated carbocycles. The number of amides is 3. The van der Waals surface area contributed by atoms with Crippen LogP contribution < -0.4 is 16.1 Å². The van der Waals surface area contributed by atoms with Crippen molar-refractivity contribution in [3.05, 3.63) is 71.7 Å². The second kappa shape index (κ2) is 14.1. The zero-order chi connectivity index (χ0) is 31.0. The number of nitrogens with one attached hydrogen (secondary N) is 3. The van der Waals surface area contributed by atoms with Gasteiger partial charge < -0.3 is 25.7 Å². The largest absolute Gasteiger partial charge is 0.444 e. The number of benzene rings is 1. The molecule has 1 saturated heterocycles. The highest BCUT2D eigenvalue weighted by molar-refractivity contribution is 5.94. The number of ether oxygens (including phenoxy) is 1. The molecule has 2 aromatic heterocycles. The Labute approximate surface area is 249 Å². The van der Waals surface area contributed by atoms with Crippen LogP contribution in [0, 0.1) is 11.8 Å². The van der Waals surface area contributed by atoms with Crippen molar-refractivity contribution in [3.8, 4) is 11.3 Å². The molecule has 43 heavy (non-hydrogen) atoms. The summed E-state index contributed by atoms with van der Waals surface area (Å²) < 4.78 is 33.1. The molecule has 0 radical (unpaired) electrons. The van der Waals surface area contributed by atoms with Crippen LogP contribution in [0.2, 0.25) is 0 Å². The maximum atomic E-state index is 14.5. The topological polar surface area (TPSA) is 130 Å². The Morgan fingerprint density at radius 1 is 1.12 bits per heavy atom. The quantitative estimate of drug-likeness (QED) is 0.272. The summed E-state index contributed by atoms with van der Waals surface area (Å²) in [5.74, 6) is -1.39. The molecule has 1 atom stereocenters. The molecular weight excluding hydrogens is 560 g/mol. The third kappa shape index (κ3) is 9.22. The van der Waals surface area contributed by atoms with Crippen LogP contribution in [0.5, 0.6) is 0 Å². The summed E-state index contributed by atoms with van der Waals surface area (Å²) >= 11 is 0. The molecule has 3 aromatic rings. The molecule has 3 amide bonds. The van der Waals surface area contributed by atoms with Gasteiger partial charge in [0, 0.05) is 44.8 Å². The normalized spacial score (nSPS) is 15.0. The van der Waals surface area contributed by atoms with E-state index in [2.05, 4.69) is 26.1 Å². The van der Waals surface area contributed by atoms with Crippen molar-refractivity contribution in [2.24, 2.45) is 0 Å². The molecular formula is C30H37F2N7O4. The van der Waals surface area contributed by atoms with Crippen LogP contribution >= 0.6 is 0 Å². The van der Waals surface area contributed by atoms with Crippen LogP contribution in [0.4, 0.5) is 13.6 Å². The number of alkyl carbamates (subject to hydrolysis) is 1. The Hall–Kier alpha value is -4.55. The summed E-state index contributed by atoms with van der Waals surface area (Å²) in [6, 6.07) is 9.18. The lowest BCUT2D eigenvalue weighted by Crippen LogP contribution is -2.43. The zero-order valence-electron chi connectivity index (χ0n) is 24.5. The SMILES string of the molecule is CC(C)(C)OC(=O)NCCCN1C(=O)CC[C@@H]1CNC(=O)c1ccc(-c2cn(NCCc3cccc(F)c3)nc2F)nc1. The Morgan fingerprint density at radius 3 is 2.65 bits per heavy atom. The standard InChI is InChI=1S/C30H37F2N7O4/c1-30(2,3)43-29(42)33-13-5-15-38-23(9-11-26(38)40)18-35-28(41)21-8-10-25(34-17-21)24-19-39(37-27(24)32)36-14-12-20-6-4-7-22(31)16-20/h4,6-8,10,16-17,19,23,36H,5,9,11-15,18H2,1-3H3,(H,33,42)(H,35,41)/t23-/m1/s1. The van der Waals surface area contributed by atoms with Gasteiger partial charge in [-0.1, -0.05) is 12.1 Å². The number of hydrogen-bond acceptors (Lipinski definition) is 7. The van der Waals surface area contributed by atoms with Gasteiger partial charge in [0.2, 0.25) is 11.9 Å². The number of pyridine rings is 1. The molecule has 0 bridgehead atoms. The summed E-state index contributed by atoms with van der Waals surface area (Å²) in [6.45, 7) is 6.84. The number of carbonyl (C=O) groups is 3. The summed E-state index contributed by atoms with van der Waals surface area (Å²) in [5, 5.41) is 9.35. The number of aromatic nitrogens is 3. The fourth-order valence-corrected chi connectivity index (χ4v) is 4.68. The lowest BCUT2D eigenvalue weighted by molar-refractivity contribution is -0.128. The van der Waals surface area contributed by atoms with E-state index in [1.807, 2.05) is 0 Å². The molecule has 1 aliphatic heterocycles. The van der Waals surface area contributed by atoms with Gasteiger partial charge in [-0.05, 0) is 69.9 Å². The average molecular weight is 598 g/mol. The highest BCUT2D eigenvalue weighted by atomic mass is 19.1. The van der Waals surface area contributed by atoms with Crippen molar-refractivity contribution in [3.63, 3.8) is 0 Å². The van der Waals surface area contributed by atoms with E-state index in [1.54, 1.807) is 43.9 Å². The summed E-state index contributed by atoms with van der Waals surface area (Å²) in [6.07, 6.45) is 4.40. The van der Waals surface area contributed by atoms with Crippen LogP contribution in [-0.4, -0.2) is 75.5 Å². The lowest BCUT2D eigenvalue weighted by Gasteiger charge is -2.25. The van der Waals surface area contributed by atoms with Crippen molar-refractivity contribution in [1.29, 1.82) is 0 Å². The van der Waals surface area contributed by atoms with Crippen molar-refractivity contribution >= 4 is 17.9 Å². The van der Waals surface area contributed by atoms with Crippen molar-refractivity contribution < 1.29 is 27.9 Å². The second-order valence-electron chi connectivity index (χ2n) is 11.3. The molecule has 1 aromatic carbocycles. The predicted molar refractivity (Wildman–Crippen MR) is 156 cm³/mol. The molecule has 0 spiro atoms. The van der Waals surface area contributed by atoms with Gasteiger partial charge in [-0.3, -0.25) is 14.6 Å². The first-order valence-electron chi connectivity index (χ1n) is 14.2. The minimum absolute atomic E-state index is 0.00793. The molecule has 1 aliphatic rings. The number of rotatable bonds is 12. The van der Waals surface area contributed by atoms with Gasteiger partial charge in [0.1, 0.15) is 11.4 Å². The Kier molecular flexibility index (Phi) is 10.3. The second-order valence-corrected chi connectivity index (χ2v) is 11.3. The van der Waals surface area contributed by atoms with Gasteiger partial charge in [-0.2, -0.15) is 9.18 Å². The maximum Gasteiger partial charge on any atom is 0.407 e. The molecule has 1 fully saturated rings. The smallest absolute Gasteiger partial charge is 0.407 e. The number of halogens is 2. The lowest BCUT2D eigenvalue weighted by atomic mass is 10.1. The molecule has 0 aliphatic carbocycles. The maximum absolute atomic E-state index is 14.5. The third-order valence-electron chi connectivity index (χ3n) is 6.74. The Morgan fingerprint density at radius 2 is 1.93 bits per heavy atom. The summed E-state index contributed by atoms with van der Waals surface area (Å²) in [4.78, 5) is 44.2. The van der Waals surface area contributed by atoms with Crippen LogP contribution in [0.25, 0.3) is 11.3 Å². The monoisotopic (exact) mass is 597 g/mol. The molecule has 3 N–H and O–H groups in total. The van der Waals surface area contributed by atoms with Crippen molar-refractivity contribution in [1.82, 2.24) is 30.4 Å². The summed E-state index contributed by atoms with van der Waals surface area (Å²) in [7, 11) is 0. The highest BCUT2D eigenvalue weighted by Crippen LogP contribution is 2.21. The zero-order valence-corrected chi connectivity index (χ0v) is 24.5. The first-order valence-corrected chi connectivity index (χ1v) is 14.2. The van der Waals surface area contributed by atoms with E-state index in [0.717, 1.165) is 5.56 Å². The van der Waals surface area contributed by atoms with E-state index in [0.29, 0.717) is 56.6 Å². The highest BCUT2D eigenvalue weighted by Gasteiger charge is 2.30. The van der Waals surface area contributed by atoms with E-state index in [9.17, 15) is 23.2 Å². The third-order valence-corrected chi connectivity index (χ3v) is 6.74. The fraction of sp³-hybridized carbons (Fsp3) is 0.433. The van der Waals surface area contributed by atoms with Gasteiger partial charge in [0.15, 0.2) is 0 Å². The minimum Gasteiger partial charge on any atom is -0.444 e. The fourth-order valence-electron chi connectivity index (χ4n) is 4.68. The van der Waals surface area contributed by atoms with E-state index < -0.39 is 17.6 Å². The number of hydrogen-bond donors (Lipinski definition) is 3. The van der Waals surface area contributed by atoms with Crippen LogP contribution in [0.3, 0.4) is 0 Å². The number of likely N-dealkylation sites (tertiary alicyclic amines) is 1. The molecule has 0 unspecified atom stereocenters. The van der Waals surface area contributed by atoms with Gasteiger partial charge in [0.25, 0.3) is 5.91 Å². The predicted octanol–water partition coefficient (Wildman–Crippen LogP) is 3.65.